The number of primary amides is 1. The predicted octanol–water partition coefficient (Wildman–Crippen LogP) is 2.63. The van der Waals surface area contributed by atoms with E-state index in [-0.39, 0.29) is 17.8 Å². The monoisotopic (exact) mass is 467 g/mol. The van der Waals surface area contributed by atoms with Gasteiger partial charge in [0.1, 0.15) is 11.9 Å². The van der Waals surface area contributed by atoms with E-state index >= 15 is 0 Å². The highest BCUT2D eigenvalue weighted by molar-refractivity contribution is 7.91. The molecular formula is C23H25N5O4S. The number of aromatic nitrogens is 2. The molecule has 33 heavy (non-hydrogen) atoms. The summed E-state index contributed by atoms with van der Waals surface area (Å²) < 4.78 is 30.6. The lowest BCUT2D eigenvalue weighted by atomic mass is 10.1. The van der Waals surface area contributed by atoms with Crippen LogP contribution in [-0.2, 0) is 21.1 Å². The molecule has 5 rings (SSSR count). The van der Waals surface area contributed by atoms with E-state index in [4.69, 9.17) is 20.4 Å². The molecule has 1 aliphatic heterocycles. The SMILES string of the molecule is Cc1ccc2nc(N3CCS(=O)(=O)c4ccccc4C3)nc(NCC3CC3OC(N)=O)c2c1. The highest BCUT2D eigenvalue weighted by Crippen LogP contribution is 2.35. The number of hydrogen-bond acceptors (Lipinski definition) is 8. The molecule has 1 fully saturated rings. The summed E-state index contributed by atoms with van der Waals surface area (Å²) in [5.41, 5.74) is 7.70. The number of anilines is 2. The Bertz CT molecular complexity index is 1340. The molecule has 0 bridgehead atoms. The zero-order chi connectivity index (χ0) is 23.2. The van der Waals surface area contributed by atoms with Crippen LogP contribution in [0.1, 0.15) is 17.5 Å². The molecule has 0 radical (unpaired) electrons. The normalized spacial score (nSPS) is 21.2. The first-order chi connectivity index (χ1) is 15.8. The molecule has 2 unspecified atom stereocenters. The molecule has 0 spiro atoms. The van der Waals surface area contributed by atoms with Gasteiger partial charge in [-0.05, 0) is 37.1 Å². The summed E-state index contributed by atoms with van der Waals surface area (Å²) in [5, 5.41) is 4.27. The maximum Gasteiger partial charge on any atom is 0.404 e. The van der Waals surface area contributed by atoms with Crippen molar-refractivity contribution >= 4 is 38.6 Å². The molecule has 0 saturated heterocycles. The molecule has 2 atom stereocenters. The van der Waals surface area contributed by atoms with Crippen LogP contribution >= 0.6 is 0 Å². The number of nitrogens with zero attached hydrogens (tertiary/aromatic N) is 3. The van der Waals surface area contributed by atoms with Crippen LogP contribution in [0, 0.1) is 12.8 Å². The van der Waals surface area contributed by atoms with E-state index in [1.165, 1.54) is 0 Å². The fraction of sp³-hybridized carbons (Fsp3) is 0.348. The largest absolute Gasteiger partial charge is 0.446 e. The first-order valence-corrected chi connectivity index (χ1v) is 12.5. The van der Waals surface area contributed by atoms with Gasteiger partial charge in [0.05, 0.1) is 16.2 Å². The number of rotatable bonds is 5. The predicted molar refractivity (Wildman–Crippen MR) is 125 cm³/mol. The van der Waals surface area contributed by atoms with Gasteiger partial charge in [0.15, 0.2) is 9.84 Å². The number of amides is 1. The van der Waals surface area contributed by atoms with Crippen LogP contribution in [0.4, 0.5) is 16.6 Å². The molecule has 2 aliphatic rings. The van der Waals surface area contributed by atoms with Crippen LogP contribution in [0.5, 0.6) is 0 Å². The molecule has 172 valence electrons. The third-order valence-corrected chi connectivity index (χ3v) is 7.87. The highest BCUT2D eigenvalue weighted by Gasteiger charge is 2.40. The van der Waals surface area contributed by atoms with Gasteiger partial charge in [0, 0.05) is 30.9 Å². The van der Waals surface area contributed by atoms with Crippen LogP contribution in [0.25, 0.3) is 10.9 Å². The standard InChI is InChI=1S/C23H25N5O4S/c1-14-6-7-18-17(10-14)21(25-12-16-11-19(16)32-22(24)29)27-23(26-18)28-8-9-33(30,31)20-5-3-2-4-15(20)13-28/h2-7,10,16,19H,8-9,11-13H2,1H3,(H2,24,29)(H,25,26,27). The fourth-order valence-electron chi connectivity index (χ4n) is 4.20. The van der Waals surface area contributed by atoms with Crippen LogP contribution in [0.15, 0.2) is 47.4 Å². The van der Waals surface area contributed by atoms with Crippen molar-refractivity contribution in [2.24, 2.45) is 11.7 Å². The van der Waals surface area contributed by atoms with E-state index in [0.717, 1.165) is 28.5 Å². The third-order valence-electron chi connectivity index (χ3n) is 6.08. The van der Waals surface area contributed by atoms with Crippen molar-refractivity contribution in [1.82, 2.24) is 9.97 Å². The number of sulfone groups is 1. The van der Waals surface area contributed by atoms with Gasteiger partial charge >= 0.3 is 6.09 Å². The van der Waals surface area contributed by atoms with Gasteiger partial charge in [0.25, 0.3) is 0 Å². The lowest BCUT2D eigenvalue weighted by Gasteiger charge is -2.22. The second-order valence-electron chi connectivity index (χ2n) is 8.59. The summed E-state index contributed by atoms with van der Waals surface area (Å²) in [5.74, 6) is 1.31. The fourth-order valence-corrected chi connectivity index (χ4v) is 5.69. The lowest BCUT2D eigenvalue weighted by Crippen LogP contribution is -2.28. The van der Waals surface area contributed by atoms with Crippen LogP contribution < -0.4 is 16.0 Å². The summed E-state index contributed by atoms with van der Waals surface area (Å²) in [6.45, 7) is 3.29. The van der Waals surface area contributed by atoms with Gasteiger partial charge in [0.2, 0.25) is 5.95 Å². The quantitative estimate of drug-likeness (QED) is 0.586. The molecule has 10 heteroatoms. The smallest absolute Gasteiger partial charge is 0.404 e. The Hall–Kier alpha value is -3.40. The number of nitrogens with one attached hydrogen (secondary N) is 1. The Morgan fingerprint density at radius 1 is 1.24 bits per heavy atom. The Morgan fingerprint density at radius 2 is 2.06 bits per heavy atom. The number of benzene rings is 2. The second kappa shape index (κ2) is 8.18. The van der Waals surface area contributed by atoms with Gasteiger partial charge in [-0.1, -0.05) is 29.8 Å². The van der Waals surface area contributed by atoms with Crippen LogP contribution in [0.2, 0.25) is 0 Å². The highest BCUT2D eigenvalue weighted by atomic mass is 32.2. The first-order valence-electron chi connectivity index (χ1n) is 10.8. The van der Waals surface area contributed by atoms with Gasteiger partial charge in [-0.25, -0.2) is 18.2 Å². The minimum absolute atomic E-state index is 0.00369. The van der Waals surface area contributed by atoms with E-state index in [1.54, 1.807) is 12.1 Å². The van der Waals surface area contributed by atoms with Gasteiger partial charge in [-0.2, -0.15) is 4.98 Å². The van der Waals surface area contributed by atoms with E-state index in [2.05, 4.69) is 5.32 Å². The molecule has 9 nitrogen and oxygen atoms in total. The van der Waals surface area contributed by atoms with E-state index in [0.29, 0.717) is 36.3 Å². The van der Waals surface area contributed by atoms with E-state index in [1.807, 2.05) is 42.2 Å². The number of hydrogen-bond donors (Lipinski definition) is 2. The summed E-state index contributed by atoms with van der Waals surface area (Å²) in [4.78, 5) is 22.8. The van der Waals surface area contributed by atoms with Crippen LogP contribution in [0.3, 0.4) is 0 Å². The first kappa shape index (κ1) is 21.4. The molecule has 1 saturated carbocycles. The number of fused-ring (bicyclic) bond motifs is 2. The zero-order valence-electron chi connectivity index (χ0n) is 18.2. The van der Waals surface area contributed by atoms with E-state index in [9.17, 15) is 13.2 Å². The number of aryl methyl sites for hydroxylation is 1. The van der Waals surface area contributed by atoms with Crippen molar-refractivity contribution in [2.75, 3.05) is 29.1 Å². The molecule has 1 aromatic heterocycles. The Balaban J connectivity index is 1.47. The summed E-state index contributed by atoms with van der Waals surface area (Å²) in [6.07, 6.45) is -0.174. The summed E-state index contributed by atoms with van der Waals surface area (Å²) in [6, 6.07) is 13.0. The Labute approximate surface area is 191 Å². The molecule has 1 aliphatic carbocycles. The average molecular weight is 468 g/mol. The molecular weight excluding hydrogens is 442 g/mol. The van der Waals surface area contributed by atoms with Gasteiger partial charge in [-0.3, -0.25) is 0 Å². The molecule has 1 amide bonds. The number of carbonyl (C=O) groups is 1. The summed E-state index contributed by atoms with van der Waals surface area (Å²) in [7, 11) is -3.37. The topological polar surface area (TPSA) is 128 Å². The Morgan fingerprint density at radius 3 is 2.88 bits per heavy atom. The molecule has 3 aromatic rings. The van der Waals surface area contributed by atoms with Crippen LogP contribution in [-0.4, -0.2) is 49.4 Å². The third kappa shape index (κ3) is 4.43. The zero-order valence-corrected chi connectivity index (χ0v) is 19.0. The maximum atomic E-state index is 12.8. The van der Waals surface area contributed by atoms with Gasteiger partial charge in [-0.15, -0.1) is 0 Å². The number of ether oxygens (including phenoxy) is 1. The number of carbonyl (C=O) groups excluding carboxylic acids is 1. The Kier molecular flexibility index (Phi) is 5.32. The second-order valence-corrected chi connectivity index (χ2v) is 10.7. The van der Waals surface area contributed by atoms with Crippen molar-refractivity contribution in [1.29, 1.82) is 0 Å². The average Bonchev–Trinajstić information content (AvgIpc) is 3.53. The van der Waals surface area contributed by atoms with Crippen molar-refractivity contribution in [3.63, 3.8) is 0 Å². The van der Waals surface area contributed by atoms with Crippen molar-refractivity contribution in [2.45, 2.75) is 30.9 Å². The lowest BCUT2D eigenvalue weighted by molar-refractivity contribution is 0.144. The van der Waals surface area contributed by atoms with Crippen molar-refractivity contribution in [3.05, 3.63) is 53.6 Å². The molecule has 2 heterocycles. The molecule has 2 aromatic carbocycles. The number of nitrogens with two attached hydrogens (primary N) is 1. The summed E-state index contributed by atoms with van der Waals surface area (Å²) >= 11 is 0. The van der Waals surface area contributed by atoms with Crippen molar-refractivity contribution < 1.29 is 17.9 Å². The van der Waals surface area contributed by atoms with Crippen molar-refractivity contribution in [3.8, 4) is 0 Å². The molecule has 3 N–H and O–H groups in total. The minimum Gasteiger partial charge on any atom is -0.446 e. The van der Waals surface area contributed by atoms with E-state index < -0.39 is 15.9 Å². The van der Waals surface area contributed by atoms with Gasteiger partial charge < -0.3 is 20.7 Å². The maximum absolute atomic E-state index is 12.8. The minimum atomic E-state index is -3.37.